The number of hydrogen-bond donors (Lipinski definition) is 1. The molecule has 0 radical (unpaired) electrons. The van der Waals surface area contributed by atoms with Gasteiger partial charge in [-0.15, -0.1) is 0 Å². The number of amides is 1. The fraction of sp³-hybridized carbons (Fsp3) is 0.261. The summed E-state index contributed by atoms with van der Waals surface area (Å²) < 4.78 is 11.2. The van der Waals surface area contributed by atoms with Crippen LogP contribution >= 0.6 is 11.6 Å². The Kier molecular flexibility index (Phi) is 6.15. The average molecular weight is 469 g/mol. The lowest BCUT2D eigenvalue weighted by Gasteiger charge is -2.16. The molecule has 0 aliphatic heterocycles. The Labute approximate surface area is 194 Å². The summed E-state index contributed by atoms with van der Waals surface area (Å²) in [6.07, 6.45) is 2.87. The summed E-state index contributed by atoms with van der Waals surface area (Å²) in [6.45, 7) is 5.56. The van der Waals surface area contributed by atoms with Crippen molar-refractivity contribution in [3.63, 3.8) is 0 Å². The highest BCUT2D eigenvalue weighted by Gasteiger charge is 2.29. The second-order valence-corrected chi connectivity index (χ2v) is 7.90. The van der Waals surface area contributed by atoms with E-state index in [0.717, 1.165) is 16.7 Å². The third-order valence-corrected chi connectivity index (χ3v) is 5.76. The minimum Gasteiger partial charge on any atom is -0.464 e. The highest BCUT2D eigenvalue weighted by molar-refractivity contribution is 6.29. The fourth-order valence-electron chi connectivity index (χ4n) is 4.01. The summed E-state index contributed by atoms with van der Waals surface area (Å²) in [4.78, 5) is 41.7. The number of ether oxygens (including phenoxy) is 2. The molecule has 10 heteroatoms. The molecule has 1 amide bonds. The number of esters is 2. The van der Waals surface area contributed by atoms with E-state index in [1.54, 1.807) is 6.07 Å². The molecule has 2 aromatic heterocycles. The van der Waals surface area contributed by atoms with Gasteiger partial charge in [-0.3, -0.25) is 4.79 Å². The van der Waals surface area contributed by atoms with E-state index in [1.807, 2.05) is 13.0 Å². The molecule has 1 N–H and O–H groups in total. The van der Waals surface area contributed by atoms with Crippen LogP contribution in [0.5, 0.6) is 0 Å². The molecule has 0 spiro atoms. The number of aromatic nitrogens is 3. The van der Waals surface area contributed by atoms with E-state index in [1.165, 1.54) is 29.8 Å². The van der Waals surface area contributed by atoms with Crippen LogP contribution in [0.25, 0.3) is 5.65 Å². The first-order valence-corrected chi connectivity index (χ1v) is 10.6. The number of fused-ring (bicyclic) bond motifs is 2. The minimum atomic E-state index is -0.679. The molecule has 1 aliphatic rings. The van der Waals surface area contributed by atoms with Crippen molar-refractivity contribution in [1.82, 2.24) is 19.9 Å². The zero-order valence-corrected chi connectivity index (χ0v) is 18.8. The molecule has 0 unspecified atom stereocenters. The summed E-state index contributed by atoms with van der Waals surface area (Å²) >= 11 is 5.99. The van der Waals surface area contributed by atoms with Gasteiger partial charge in [0.05, 0.1) is 18.7 Å². The molecule has 0 bridgehead atoms. The highest BCUT2D eigenvalue weighted by atomic mass is 35.5. The van der Waals surface area contributed by atoms with Crippen LogP contribution in [0, 0.1) is 6.92 Å². The minimum absolute atomic E-state index is 0.0305. The maximum absolute atomic E-state index is 13.2. The lowest BCUT2D eigenvalue weighted by Crippen LogP contribution is -2.29. The number of rotatable bonds is 6. The van der Waals surface area contributed by atoms with Crippen LogP contribution in [0.4, 0.5) is 0 Å². The first-order valence-electron chi connectivity index (χ1n) is 10.2. The van der Waals surface area contributed by atoms with E-state index in [4.69, 9.17) is 21.1 Å². The average Bonchev–Trinajstić information content (AvgIpc) is 3.39. The van der Waals surface area contributed by atoms with E-state index in [-0.39, 0.29) is 34.8 Å². The molecular weight excluding hydrogens is 448 g/mol. The van der Waals surface area contributed by atoms with Gasteiger partial charge in [-0.05, 0) is 42.5 Å². The zero-order valence-electron chi connectivity index (χ0n) is 18.1. The van der Waals surface area contributed by atoms with Gasteiger partial charge in [-0.2, -0.15) is 5.10 Å². The van der Waals surface area contributed by atoms with Gasteiger partial charge in [-0.1, -0.05) is 30.3 Å². The van der Waals surface area contributed by atoms with Gasteiger partial charge in [0, 0.05) is 12.1 Å². The van der Waals surface area contributed by atoms with Crippen LogP contribution in [0.3, 0.4) is 0 Å². The molecule has 2 heterocycles. The summed E-state index contributed by atoms with van der Waals surface area (Å²) in [5, 5.41) is 7.23. The van der Waals surface area contributed by atoms with Crippen LogP contribution in [-0.2, 0) is 15.9 Å². The van der Waals surface area contributed by atoms with Gasteiger partial charge < -0.3 is 14.8 Å². The predicted octanol–water partition coefficient (Wildman–Crippen LogP) is 3.24. The SMILES string of the molecule is C=CCOC(=O)c1ccc2c(c1C)CC[C@@H]2NC(=O)c1cc(C(=O)OC)nc2cc(Cl)nn12. The van der Waals surface area contributed by atoms with Crippen LogP contribution < -0.4 is 5.32 Å². The van der Waals surface area contributed by atoms with Crippen LogP contribution in [0.2, 0.25) is 5.15 Å². The quantitative estimate of drug-likeness (QED) is 0.436. The molecule has 3 aromatic rings. The van der Waals surface area contributed by atoms with Gasteiger partial charge in [-0.25, -0.2) is 19.1 Å². The van der Waals surface area contributed by atoms with Gasteiger partial charge in [0.2, 0.25) is 0 Å². The molecule has 0 saturated heterocycles. The van der Waals surface area contributed by atoms with Crippen molar-refractivity contribution in [3.05, 3.63) is 75.7 Å². The Morgan fingerprint density at radius 1 is 1.30 bits per heavy atom. The van der Waals surface area contributed by atoms with Crippen molar-refractivity contribution in [3.8, 4) is 0 Å². The Morgan fingerprint density at radius 2 is 2.09 bits per heavy atom. The van der Waals surface area contributed by atoms with Crippen molar-refractivity contribution in [2.75, 3.05) is 13.7 Å². The summed E-state index contributed by atoms with van der Waals surface area (Å²) in [5.41, 5.74) is 3.57. The van der Waals surface area contributed by atoms with Gasteiger partial charge >= 0.3 is 11.9 Å². The Morgan fingerprint density at radius 3 is 2.82 bits per heavy atom. The van der Waals surface area contributed by atoms with Crippen LogP contribution in [0.1, 0.15) is 60.5 Å². The lowest BCUT2D eigenvalue weighted by atomic mass is 9.98. The van der Waals surface area contributed by atoms with E-state index in [9.17, 15) is 14.4 Å². The maximum atomic E-state index is 13.2. The number of benzene rings is 1. The number of hydrogen-bond acceptors (Lipinski definition) is 7. The molecule has 1 aromatic carbocycles. The molecule has 1 atom stereocenters. The Hall–Kier alpha value is -3.72. The van der Waals surface area contributed by atoms with Crippen molar-refractivity contribution in [1.29, 1.82) is 0 Å². The van der Waals surface area contributed by atoms with E-state index < -0.39 is 17.8 Å². The monoisotopic (exact) mass is 468 g/mol. The van der Waals surface area contributed by atoms with Gasteiger partial charge in [0.15, 0.2) is 16.5 Å². The van der Waals surface area contributed by atoms with Crippen molar-refractivity contribution in [2.45, 2.75) is 25.8 Å². The van der Waals surface area contributed by atoms with E-state index in [0.29, 0.717) is 18.4 Å². The molecule has 0 saturated carbocycles. The normalized spacial score (nSPS) is 14.6. The third kappa shape index (κ3) is 4.19. The summed E-state index contributed by atoms with van der Waals surface area (Å²) in [6, 6.07) is 6.03. The first kappa shape index (κ1) is 22.5. The largest absolute Gasteiger partial charge is 0.464 e. The molecule has 0 fully saturated rings. The summed E-state index contributed by atoms with van der Waals surface area (Å²) in [7, 11) is 1.23. The molecule has 9 nitrogen and oxygen atoms in total. The smallest absolute Gasteiger partial charge is 0.356 e. The van der Waals surface area contributed by atoms with Crippen molar-refractivity contribution < 1.29 is 23.9 Å². The van der Waals surface area contributed by atoms with Crippen molar-refractivity contribution >= 4 is 35.1 Å². The van der Waals surface area contributed by atoms with Crippen LogP contribution in [-0.4, -0.2) is 46.2 Å². The van der Waals surface area contributed by atoms with Crippen molar-refractivity contribution in [2.24, 2.45) is 0 Å². The van der Waals surface area contributed by atoms with E-state index >= 15 is 0 Å². The lowest BCUT2D eigenvalue weighted by molar-refractivity contribution is 0.0547. The molecule has 170 valence electrons. The van der Waals surface area contributed by atoms with Crippen LogP contribution in [0.15, 0.2) is 36.9 Å². The number of nitrogens with zero attached hydrogens (tertiary/aromatic N) is 3. The fourth-order valence-corrected chi connectivity index (χ4v) is 4.19. The van der Waals surface area contributed by atoms with Gasteiger partial charge in [0.1, 0.15) is 12.3 Å². The zero-order chi connectivity index (χ0) is 23.7. The number of nitrogens with one attached hydrogen (secondary N) is 1. The maximum Gasteiger partial charge on any atom is 0.356 e. The second kappa shape index (κ2) is 9.03. The standard InChI is InChI=1S/C23H21ClN4O5/c1-4-9-33-22(30)14-5-6-15-13(12(14)2)7-8-16(15)26-21(29)18-10-17(23(31)32-3)25-20-11-19(24)27-28(18)20/h4-6,10-11,16H,1,7-9H2,2-3H3,(H,26,29)/t16-/m0/s1. The Bertz CT molecular complexity index is 1300. The van der Waals surface area contributed by atoms with Gasteiger partial charge in [0.25, 0.3) is 5.91 Å². The first-order chi connectivity index (χ1) is 15.8. The number of halogens is 1. The molecule has 4 rings (SSSR count). The predicted molar refractivity (Wildman–Crippen MR) is 120 cm³/mol. The van der Waals surface area contributed by atoms with E-state index in [2.05, 4.69) is 22.0 Å². The summed E-state index contributed by atoms with van der Waals surface area (Å²) in [5.74, 6) is -1.54. The molecule has 33 heavy (non-hydrogen) atoms. The third-order valence-electron chi connectivity index (χ3n) is 5.58. The molecular formula is C23H21ClN4O5. The number of methoxy groups -OCH3 is 1. The number of carbonyl (C=O) groups is 3. The topological polar surface area (TPSA) is 112 Å². The molecule has 1 aliphatic carbocycles. The Balaban J connectivity index is 1.63. The highest BCUT2D eigenvalue weighted by Crippen LogP contribution is 2.35. The number of carbonyl (C=O) groups excluding carboxylic acids is 3. The second-order valence-electron chi connectivity index (χ2n) is 7.51.